The average Bonchev–Trinajstić information content (AvgIpc) is 3.14. The quantitative estimate of drug-likeness (QED) is 0.457. The number of nitrogens with one attached hydrogen (secondary N) is 1. The molecule has 3 aromatic rings. The maximum absolute atomic E-state index is 13.5. The number of rotatable bonds is 8. The topological polar surface area (TPSA) is 37.3 Å². The number of aromatic nitrogens is 1. The molecule has 0 aliphatic carbocycles. The Balaban J connectivity index is 1.70. The first-order valence-electron chi connectivity index (χ1n) is 10.1. The van der Waals surface area contributed by atoms with Crippen LogP contribution >= 0.6 is 0 Å². The van der Waals surface area contributed by atoms with Crippen molar-refractivity contribution in [3.8, 4) is 0 Å². The van der Waals surface area contributed by atoms with Gasteiger partial charge in [-0.15, -0.1) is 6.58 Å². The van der Waals surface area contributed by atoms with Crippen LogP contribution in [0.2, 0.25) is 0 Å². The fourth-order valence-corrected chi connectivity index (χ4v) is 3.30. The van der Waals surface area contributed by atoms with Crippen LogP contribution in [0.4, 0.5) is 14.9 Å². The van der Waals surface area contributed by atoms with Crippen molar-refractivity contribution in [3.05, 3.63) is 102 Å². The van der Waals surface area contributed by atoms with Gasteiger partial charge in [0, 0.05) is 30.7 Å². The molecule has 1 aromatic heterocycles. The van der Waals surface area contributed by atoms with Crippen molar-refractivity contribution in [2.75, 3.05) is 11.9 Å². The summed E-state index contributed by atoms with van der Waals surface area (Å²) in [6.07, 6.45) is 3.65. The van der Waals surface area contributed by atoms with Gasteiger partial charge in [0.05, 0.1) is 6.54 Å². The van der Waals surface area contributed by atoms with Crippen LogP contribution in [0, 0.1) is 5.82 Å². The fraction of sp³-hybridized carbons (Fsp3) is 0.240. The van der Waals surface area contributed by atoms with Gasteiger partial charge in [-0.3, -0.25) is 0 Å². The van der Waals surface area contributed by atoms with Crippen molar-refractivity contribution in [3.63, 3.8) is 0 Å². The van der Waals surface area contributed by atoms with Crippen LogP contribution in [-0.4, -0.2) is 22.0 Å². The van der Waals surface area contributed by atoms with E-state index in [1.165, 1.54) is 17.7 Å². The maximum Gasteiger partial charge on any atom is 0.322 e. The Kier molecular flexibility index (Phi) is 7.07. The number of amides is 2. The van der Waals surface area contributed by atoms with E-state index in [0.29, 0.717) is 25.6 Å². The van der Waals surface area contributed by atoms with Crippen LogP contribution in [0.5, 0.6) is 0 Å². The largest absolute Gasteiger partial charge is 0.345 e. The molecule has 0 unspecified atom stereocenters. The van der Waals surface area contributed by atoms with Crippen molar-refractivity contribution in [2.45, 2.75) is 32.9 Å². The number of nitrogens with zero attached hydrogens (tertiary/aromatic N) is 2. The summed E-state index contributed by atoms with van der Waals surface area (Å²) < 4.78 is 15.5. The molecule has 1 heterocycles. The van der Waals surface area contributed by atoms with Crippen molar-refractivity contribution >= 4 is 11.7 Å². The summed E-state index contributed by atoms with van der Waals surface area (Å²) in [5.41, 5.74) is 3.82. The van der Waals surface area contributed by atoms with Crippen LogP contribution in [0.15, 0.2) is 79.5 Å². The number of anilines is 1. The van der Waals surface area contributed by atoms with Crippen LogP contribution in [0.1, 0.15) is 36.6 Å². The molecule has 0 fully saturated rings. The van der Waals surface area contributed by atoms with Crippen molar-refractivity contribution in [1.29, 1.82) is 0 Å². The smallest absolute Gasteiger partial charge is 0.322 e. The molecule has 0 atom stereocenters. The third kappa shape index (κ3) is 5.60. The number of carbonyl (C=O) groups excluding carboxylic acids is 1. The van der Waals surface area contributed by atoms with Gasteiger partial charge in [-0.05, 0) is 53.4 Å². The first-order chi connectivity index (χ1) is 14.5. The molecule has 0 aliphatic heterocycles. The van der Waals surface area contributed by atoms with Crippen molar-refractivity contribution in [1.82, 2.24) is 9.47 Å². The van der Waals surface area contributed by atoms with E-state index in [0.717, 1.165) is 16.9 Å². The second-order valence-corrected chi connectivity index (χ2v) is 7.63. The van der Waals surface area contributed by atoms with Gasteiger partial charge in [0.25, 0.3) is 0 Å². The van der Waals surface area contributed by atoms with Crippen molar-refractivity contribution in [2.24, 2.45) is 0 Å². The zero-order chi connectivity index (χ0) is 21.5. The molecule has 1 N–H and O–H groups in total. The third-order valence-electron chi connectivity index (χ3n) is 4.98. The second kappa shape index (κ2) is 9.92. The number of hydrogen-bond acceptors (Lipinski definition) is 1. The van der Waals surface area contributed by atoms with E-state index in [1.54, 1.807) is 17.0 Å². The van der Waals surface area contributed by atoms with E-state index in [2.05, 4.69) is 25.7 Å². The SMILES string of the molecule is C=CCN(Cc1cccn1Cc1cccc(F)c1)C(=O)Nc1ccc(C(C)C)cc1. The number of urea groups is 1. The van der Waals surface area contributed by atoms with Gasteiger partial charge in [0.15, 0.2) is 0 Å². The zero-order valence-electron chi connectivity index (χ0n) is 17.5. The Bertz CT molecular complexity index is 992. The molecule has 2 amide bonds. The normalized spacial score (nSPS) is 10.8. The molecule has 0 saturated carbocycles. The first kappa shape index (κ1) is 21.4. The Hall–Kier alpha value is -3.34. The predicted molar refractivity (Wildman–Crippen MR) is 120 cm³/mol. The Labute approximate surface area is 177 Å². The molecule has 0 spiro atoms. The molecule has 4 nitrogen and oxygen atoms in total. The zero-order valence-corrected chi connectivity index (χ0v) is 17.5. The maximum atomic E-state index is 13.5. The van der Waals surface area contributed by atoms with E-state index >= 15 is 0 Å². The molecule has 0 bridgehead atoms. The lowest BCUT2D eigenvalue weighted by atomic mass is 10.0. The van der Waals surface area contributed by atoms with E-state index in [4.69, 9.17) is 0 Å². The first-order valence-corrected chi connectivity index (χ1v) is 10.1. The molecule has 30 heavy (non-hydrogen) atoms. The summed E-state index contributed by atoms with van der Waals surface area (Å²) in [4.78, 5) is 14.6. The van der Waals surface area contributed by atoms with E-state index in [9.17, 15) is 9.18 Å². The molecular weight excluding hydrogens is 377 g/mol. The lowest BCUT2D eigenvalue weighted by Crippen LogP contribution is -2.35. The summed E-state index contributed by atoms with van der Waals surface area (Å²) in [6.45, 7) is 9.43. The third-order valence-corrected chi connectivity index (χ3v) is 4.98. The molecule has 156 valence electrons. The minimum atomic E-state index is -0.252. The van der Waals surface area contributed by atoms with Gasteiger partial charge < -0.3 is 14.8 Å². The molecule has 5 heteroatoms. The minimum absolute atomic E-state index is 0.189. The molecule has 0 saturated heterocycles. The Morgan fingerprint density at radius 2 is 1.93 bits per heavy atom. The minimum Gasteiger partial charge on any atom is -0.345 e. The van der Waals surface area contributed by atoms with E-state index < -0.39 is 0 Å². The van der Waals surface area contributed by atoms with Gasteiger partial charge in [-0.2, -0.15) is 0 Å². The number of halogens is 1. The standard InChI is InChI=1S/C25H28FN3O/c1-4-14-29(25(30)27-23-12-10-21(11-13-23)19(2)3)18-24-9-6-15-28(24)17-20-7-5-8-22(26)16-20/h4-13,15-16,19H,1,14,17-18H2,2-3H3,(H,27,30). The van der Waals surface area contributed by atoms with Gasteiger partial charge in [-0.25, -0.2) is 9.18 Å². The van der Waals surface area contributed by atoms with Gasteiger partial charge in [-0.1, -0.05) is 44.2 Å². The molecule has 0 radical (unpaired) electrons. The summed E-state index contributed by atoms with van der Waals surface area (Å²) in [5.74, 6) is 0.190. The van der Waals surface area contributed by atoms with E-state index in [1.807, 2.05) is 53.2 Å². The lowest BCUT2D eigenvalue weighted by molar-refractivity contribution is 0.214. The number of carbonyl (C=O) groups is 1. The van der Waals surface area contributed by atoms with Crippen LogP contribution < -0.4 is 5.32 Å². The molecule has 0 aliphatic rings. The highest BCUT2D eigenvalue weighted by Crippen LogP contribution is 2.18. The highest BCUT2D eigenvalue weighted by atomic mass is 19.1. The van der Waals surface area contributed by atoms with E-state index in [-0.39, 0.29) is 11.8 Å². The monoisotopic (exact) mass is 405 g/mol. The average molecular weight is 406 g/mol. The fourth-order valence-electron chi connectivity index (χ4n) is 3.30. The summed E-state index contributed by atoms with van der Waals surface area (Å²) >= 11 is 0. The summed E-state index contributed by atoms with van der Waals surface area (Å²) in [5, 5.41) is 2.96. The number of hydrogen-bond donors (Lipinski definition) is 1. The lowest BCUT2D eigenvalue weighted by Gasteiger charge is -2.23. The highest BCUT2D eigenvalue weighted by Gasteiger charge is 2.15. The van der Waals surface area contributed by atoms with Crippen LogP contribution in [0.25, 0.3) is 0 Å². The Morgan fingerprint density at radius 3 is 2.60 bits per heavy atom. The van der Waals surface area contributed by atoms with Gasteiger partial charge in [0.2, 0.25) is 0 Å². The molecule has 2 aromatic carbocycles. The van der Waals surface area contributed by atoms with Gasteiger partial charge in [0.1, 0.15) is 5.82 Å². The summed E-state index contributed by atoms with van der Waals surface area (Å²) in [6, 6.07) is 18.2. The van der Waals surface area contributed by atoms with Crippen LogP contribution in [0.3, 0.4) is 0 Å². The number of benzene rings is 2. The summed E-state index contributed by atoms with van der Waals surface area (Å²) in [7, 11) is 0. The van der Waals surface area contributed by atoms with Crippen LogP contribution in [-0.2, 0) is 13.1 Å². The Morgan fingerprint density at radius 1 is 1.17 bits per heavy atom. The second-order valence-electron chi connectivity index (χ2n) is 7.63. The predicted octanol–water partition coefficient (Wildman–Crippen LogP) is 6.02. The molecule has 3 rings (SSSR count). The molecular formula is C25H28FN3O. The highest BCUT2D eigenvalue weighted by molar-refractivity contribution is 5.89. The van der Waals surface area contributed by atoms with Gasteiger partial charge >= 0.3 is 6.03 Å². The van der Waals surface area contributed by atoms with Crippen molar-refractivity contribution < 1.29 is 9.18 Å².